The van der Waals surface area contributed by atoms with E-state index in [1.807, 2.05) is 0 Å². The van der Waals surface area contributed by atoms with Crippen molar-refractivity contribution in [3.05, 3.63) is 53.1 Å². The summed E-state index contributed by atoms with van der Waals surface area (Å²) in [5, 5.41) is 9.25. The van der Waals surface area contributed by atoms with Crippen molar-refractivity contribution in [1.82, 2.24) is 0 Å². The van der Waals surface area contributed by atoms with Crippen LogP contribution in [0.2, 0.25) is 5.02 Å². The molecule has 21 heavy (non-hydrogen) atoms. The van der Waals surface area contributed by atoms with Gasteiger partial charge in [-0.05, 0) is 41.0 Å². The van der Waals surface area contributed by atoms with Gasteiger partial charge in [-0.1, -0.05) is 29.8 Å². The summed E-state index contributed by atoms with van der Waals surface area (Å²) in [7, 11) is -3.23. The molecule has 4 nitrogen and oxygen atoms in total. The van der Waals surface area contributed by atoms with Crippen LogP contribution in [0.4, 0.5) is 0 Å². The largest absolute Gasteiger partial charge is 0.481 e. The molecule has 0 aliphatic carbocycles. The standard InChI is InChI=1S/C15H13ClO4S/c1-21(19,20)13-5-2-10(3-6-13)11-4-7-14(16)12(8-11)9-15(17)18/h2-8H,9H2,1H3,(H,17,18). The molecule has 0 amide bonds. The van der Waals surface area contributed by atoms with Gasteiger partial charge in [0.1, 0.15) is 0 Å². The quantitative estimate of drug-likeness (QED) is 0.938. The van der Waals surface area contributed by atoms with E-state index in [1.165, 1.54) is 12.1 Å². The minimum Gasteiger partial charge on any atom is -0.481 e. The average molecular weight is 325 g/mol. The molecule has 0 fully saturated rings. The molecule has 2 aromatic carbocycles. The summed E-state index contributed by atoms with van der Waals surface area (Å²) < 4.78 is 22.8. The normalized spacial score (nSPS) is 11.3. The van der Waals surface area contributed by atoms with Crippen LogP contribution in [-0.4, -0.2) is 25.7 Å². The highest BCUT2D eigenvalue weighted by Crippen LogP contribution is 2.26. The summed E-state index contributed by atoms with van der Waals surface area (Å²) in [4.78, 5) is 11.0. The topological polar surface area (TPSA) is 71.4 Å². The van der Waals surface area contributed by atoms with Crippen molar-refractivity contribution < 1.29 is 18.3 Å². The van der Waals surface area contributed by atoms with Crippen LogP contribution in [0.25, 0.3) is 11.1 Å². The van der Waals surface area contributed by atoms with E-state index in [0.717, 1.165) is 17.4 Å². The minimum atomic E-state index is -3.23. The molecule has 0 atom stereocenters. The molecule has 0 bridgehead atoms. The van der Waals surface area contributed by atoms with E-state index in [4.69, 9.17) is 16.7 Å². The number of hydrogen-bond donors (Lipinski definition) is 1. The van der Waals surface area contributed by atoms with Gasteiger partial charge in [-0.2, -0.15) is 0 Å². The van der Waals surface area contributed by atoms with Crippen LogP contribution in [0.5, 0.6) is 0 Å². The van der Waals surface area contributed by atoms with Gasteiger partial charge < -0.3 is 5.11 Å². The Morgan fingerprint density at radius 1 is 1.10 bits per heavy atom. The lowest BCUT2D eigenvalue weighted by atomic mass is 10.0. The first-order valence-corrected chi connectivity index (χ1v) is 8.35. The highest BCUT2D eigenvalue weighted by Gasteiger charge is 2.10. The van der Waals surface area contributed by atoms with Crippen LogP contribution >= 0.6 is 11.6 Å². The maximum Gasteiger partial charge on any atom is 0.307 e. The van der Waals surface area contributed by atoms with Crippen LogP contribution in [-0.2, 0) is 21.1 Å². The number of carboxylic acids is 1. The Morgan fingerprint density at radius 2 is 1.67 bits per heavy atom. The lowest BCUT2D eigenvalue weighted by Crippen LogP contribution is -2.01. The summed E-state index contributed by atoms with van der Waals surface area (Å²) in [6.07, 6.45) is 0.989. The van der Waals surface area contributed by atoms with Crippen molar-refractivity contribution in [2.24, 2.45) is 0 Å². The summed E-state index contributed by atoms with van der Waals surface area (Å²) >= 11 is 5.97. The molecule has 110 valence electrons. The van der Waals surface area contributed by atoms with E-state index in [-0.39, 0.29) is 11.3 Å². The minimum absolute atomic E-state index is 0.159. The fourth-order valence-corrected chi connectivity index (χ4v) is 2.76. The molecule has 0 unspecified atom stereocenters. The third-order valence-electron chi connectivity index (χ3n) is 3.00. The van der Waals surface area contributed by atoms with Crippen LogP contribution < -0.4 is 0 Å². The Kier molecular flexibility index (Phi) is 4.34. The lowest BCUT2D eigenvalue weighted by Gasteiger charge is -2.07. The Balaban J connectivity index is 2.40. The van der Waals surface area contributed by atoms with Gasteiger partial charge in [0.15, 0.2) is 9.84 Å². The molecule has 0 saturated carbocycles. The molecule has 0 aliphatic rings. The first kappa shape index (κ1) is 15.5. The third kappa shape index (κ3) is 3.83. The summed E-state index contributed by atoms with van der Waals surface area (Å²) in [6.45, 7) is 0. The van der Waals surface area contributed by atoms with Crippen molar-refractivity contribution in [1.29, 1.82) is 0 Å². The van der Waals surface area contributed by atoms with Gasteiger partial charge >= 0.3 is 5.97 Å². The average Bonchev–Trinajstić information content (AvgIpc) is 2.40. The number of hydrogen-bond acceptors (Lipinski definition) is 3. The highest BCUT2D eigenvalue weighted by atomic mass is 35.5. The van der Waals surface area contributed by atoms with Crippen molar-refractivity contribution >= 4 is 27.4 Å². The number of halogens is 1. The van der Waals surface area contributed by atoms with Gasteiger partial charge in [0.2, 0.25) is 0 Å². The van der Waals surface area contributed by atoms with Gasteiger partial charge in [0, 0.05) is 11.3 Å². The number of rotatable bonds is 4. The van der Waals surface area contributed by atoms with Crippen molar-refractivity contribution in [2.75, 3.05) is 6.26 Å². The second-order valence-electron chi connectivity index (χ2n) is 4.67. The monoisotopic (exact) mass is 324 g/mol. The SMILES string of the molecule is CS(=O)(=O)c1ccc(-c2ccc(Cl)c(CC(=O)O)c2)cc1. The van der Waals surface area contributed by atoms with Gasteiger partial charge in [-0.3, -0.25) is 4.79 Å². The third-order valence-corrected chi connectivity index (χ3v) is 4.50. The molecule has 0 aromatic heterocycles. The molecule has 0 spiro atoms. The molecular formula is C15H13ClO4S. The highest BCUT2D eigenvalue weighted by molar-refractivity contribution is 7.90. The zero-order valence-corrected chi connectivity index (χ0v) is 12.8. The number of sulfone groups is 1. The van der Waals surface area contributed by atoms with E-state index < -0.39 is 15.8 Å². The molecule has 0 radical (unpaired) electrons. The molecule has 2 aromatic rings. The fourth-order valence-electron chi connectivity index (χ4n) is 1.95. The number of carboxylic acid groups (broad SMARTS) is 1. The molecule has 0 heterocycles. The second kappa shape index (κ2) is 5.87. The number of aliphatic carboxylic acids is 1. The van der Waals surface area contributed by atoms with Crippen LogP contribution in [0.3, 0.4) is 0 Å². The molecule has 2 rings (SSSR count). The summed E-state index contributed by atoms with van der Waals surface area (Å²) in [5.74, 6) is -0.957. The van der Waals surface area contributed by atoms with Crippen molar-refractivity contribution in [2.45, 2.75) is 11.3 Å². The molecular weight excluding hydrogens is 312 g/mol. The number of carbonyl (C=O) groups is 1. The summed E-state index contributed by atoms with van der Waals surface area (Å²) in [6, 6.07) is 11.5. The number of benzene rings is 2. The Labute approximate surface area is 127 Å². The predicted molar refractivity (Wildman–Crippen MR) is 81.3 cm³/mol. The molecule has 0 aliphatic heterocycles. The first-order valence-electron chi connectivity index (χ1n) is 6.08. The van der Waals surface area contributed by atoms with Crippen LogP contribution in [0.1, 0.15) is 5.56 Å². The molecule has 0 saturated heterocycles. The summed E-state index contributed by atoms with van der Waals surface area (Å²) in [5.41, 5.74) is 2.11. The van der Waals surface area contributed by atoms with Crippen molar-refractivity contribution in [3.63, 3.8) is 0 Å². The zero-order valence-electron chi connectivity index (χ0n) is 11.2. The lowest BCUT2D eigenvalue weighted by molar-refractivity contribution is -0.136. The maximum atomic E-state index is 11.4. The van der Waals surface area contributed by atoms with Gasteiger partial charge in [-0.15, -0.1) is 0 Å². The fraction of sp³-hybridized carbons (Fsp3) is 0.133. The van der Waals surface area contributed by atoms with E-state index in [1.54, 1.807) is 30.3 Å². The van der Waals surface area contributed by atoms with Crippen molar-refractivity contribution in [3.8, 4) is 11.1 Å². The van der Waals surface area contributed by atoms with E-state index in [0.29, 0.717) is 10.6 Å². The first-order chi connectivity index (χ1) is 9.77. The Hall–Kier alpha value is -1.85. The Bertz CT molecular complexity index is 780. The van der Waals surface area contributed by atoms with Crippen LogP contribution in [0, 0.1) is 0 Å². The van der Waals surface area contributed by atoms with E-state index in [9.17, 15) is 13.2 Å². The smallest absolute Gasteiger partial charge is 0.307 e. The van der Waals surface area contributed by atoms with E-state index in [2.05, 4.69) is 0 Å². The van der Waals surface area contributed by atoms with Crippen LogP contribution in [0.15, 0.2) is 47.4 Å². The van der Waals surface area contributed by atoms with Gasteiger partial charge in [0.25, 0.3) is 0 Å². The van der Waals surface area contributed by atoms with E-state index >= 15 is 0 Å². The molecule has 1 N–H and O–H groups in total. The van der Waals surface area contributed by atoms with Gasteiger partial charge in [-0.25, -0.2) is 8.42 Å². The maximum absolute atomic E-state index is 11.4. The zero-order chi connectivity index (χ0) is 15.6. The predicted octanol–water partition coefficient (Wildman–Crippen LogP) is 3.04. The molecule has 6 heteroatoms. The Morgan fingerprint density at radius 3 is 2.19 bits per heavy atom. The second-order valence-corrected chi connectivity index (χ2v) is 7.10. The van der Waals surface area contributed by atoms with Gasteiger partial charge in [0.05, 0.1) is 11.3 Å².